The highest BCUT2D eigenvalue weighted by Crippen LogP contribution is 2.43. The molecule has 5 heterocycles. The van der Waals surface area contributed by atoms with Crippen LogP contribution in [0, 0.1) is 30.5 Å². The molecule has 540 valence electrons. The minimum atomic E-state index is -4.71. The molecular formula is C65H78Cl3F4N8O15PS3. The number of methoxy groups -OCH3 is 1. The zero-order chi connectivity index (χ0) is 74.1. The van der Waals surface area contributed by atoms with E-state index >= 15 is 0 Å². The first-order chi connectivity index (χ1) is 46.3. The van der Waals surface area contributed by atoms with Gasteiger partial charge in [0.25, 0.3) is 11.8 Å². The van der Waals surface area contributed by atoms with Gasteiger partial charge in [0, 0.05) is 55.4 Å². The number of carboxylic acid groups (broad SMARTS) is 1. The van der Waals surface area contributed by atoms with E-state index in [9.17, 15) is 59.4 Å². The van der Waals surface area contributed by atoms with E-state index in [2.05, 4.69) is 66.0 Å². The normalized spacial score (nSPS) is 16.0. The van der Waals surface area contributed by atoms with Crippen molar-refractivity contribution < 1.29 is 88.1 Å². The van der Waals surface area contributed by atoms with Gasteiger partial charge < -0.3 is 52.6 Å². The molecule has 3 amide bonds. The number of fused-ring (bicyclic) bond motifs is 3. The predicted octanol–water partition coefficient (Wildman–Crippen LogP) is 9.89. The summed E-state index contributed by atoms with van der Waals surface area (Å²) in [6.07, 6.45) is 11.8. The number of ketones is 1. The summed E-state index contributed by atoms with van der Waals surface area (Å²) < 4.78 is 114. The summed E-state index contributed by atoms with van der Waals surface area (Å²) in [4.78, 5) is 84.7. The summed E-state index contributed by atoms with van der Waals surface area (Å²) in [5.74, 6) is 1.68. The van der Waals surface area contributed by atoms with Crippen molar-refractivity contribution in [3.05, 3.63) is 129 Å². The molecule has 0 radical (unpaired) electrons. The topological polar surface area (TPSA) is 306 Å². The van der Waals surface area contributed by atoms with E-state index in [1.165, 1.54) is 34.8 Å². The number of benzene rings is 4. The highest BCUT2D eigenvalue weighted by molar-refractivity contribution is 7.94. The van der Waals surface area contributed by atoms with Crippen molar-refractivity contribution in [2.45, 2.75) is 108 Å². The second-order valence-electron chi connectivity index (χ2n) is 24.0. The van der Waals surface area contributed by atoms with Gasteiger partial charge in [-0.05, 0) is 104 Å². The number of alkyl halides is 6. The fourth-order valence-electron chi connectivity index (χ4n) is 10.0. The molecule has 6 aromatic rings. The number of para-hydroxylation sites is 3. The molecule has 1 saturated carbocycles. The number of hydrogen-bond donors (Lipinski definition) is 3. The average molecular weight is 1520 g/mol. The lowest BCUT2D eigenvalue weighted by molar-refractivity contribution is -0.193. The number of terminal acetylenes is 1. The monoisotopic (exact) mass is 1520 g/mol. The number of rotatable bonds is 17. The van der Waals surface area contributed by atoms with Gasteiger partial charge in [0.15, 0.2) is 38.6 Å². The molecule has 1 fully saturated rings. The third-order valence-electron chi connectivity index (χ3n) is 14.4. The second-order valence-corrected chi connectivity index (χ2v) is 32.1. The summed E-state index contributed by atoms with van der Waals surface area (Å²) in [7, 11) is -6.11. The minimum absolute atomic E-state index is 0.0223. The summed E-state index contributed by atoms with van der Waals surface area (Å²) in [6, 6.07) is 18.1. The molecule has 23 nitrogen and oxygen atoms in total. The molecule has 3 atom stereocenters. The van der Waals surface area contributed by atoms with Gasteiger partial charge in [0.2, 0.25) is 10.7 Å². The molecule has 0 bridgehead atoms. The van der Waals surface area contributed by atoms with E-state index < -0.39 is 69.3 Å². The quantitative estimate of drug-likeness (QED) is 0.0191. The van der Waals surface area contributed by atoms with E-state index in [0.29, 0.717) is 64.0 Å². The number of hydrogen-bond acceptors (Lipinski definition) is 18. The maximum absolute atomic E-state index is 14.5. The van der Waals surface area contributed by atoms with Crippen LogP contribution in [0.1, 0.15) is 97.6 Å². The van der Waals surface area contributed by atoms with Crippen LogP contribution in [0.15, 0.2) is 93.4 Å². The highest BCUT2D eigenvalue weighted by Gasteiger charge is 2.38. The van der Waals surface area contributed by atoms with Crippen LogP contribution in [0.5, 0.6) is 11.5 Å². The molecule has 34 heteroatoms. The number of carboxylic acids is 1. The smallest absolute Gasteiger partial charge is 0.416 e. The van der Waals surface area contributed by atoms with E-state index in [4.69, 9.17) is 70.0 Å². The van der Waals surface area contributed by atoms with Gasteiger partial charge in [0.05, 0.1) is 96.1 Å². The molecule has 3 N–H and O–H groups in total. The number of carbonyl (C=O) groups is 5. The van der Waals surface area contributed by atoms with Gasteiger partial charge in [-0.15, -0.1) is 18.0 Å². The SMILES string of the molecule is C#CCN1C(=O)COc2cc(F)c(/N=c3\snc4n3CC(C)(C)C4)cc21.CC1COc2ccccc2N1C(=O)C(Cl)Cl.CCc1cccc(C)c1N(C(=O)CCl)C(C)COC.CS(=O)(=O)c1cc(C(F)(F)F)ccc1C(=O)c1cnoc1C1CC1.C[S+](C)C.O=C(O)CNCP(=O)([O-])O. The summed E-state index contributed by atoms with van der Waals surface area (Å²) >= 11 is 18.3. The van der Waals surface area contributed by atoms with Gasteiger partial charge in [-0.25, -0.2) is 17.8 Å². The van der Waals surface area contributed by atoms with Crippen molar-refractivity contribution in [1.82, 2.24) is 19.4 Å². The van der Waals surface area contributed by atoms with E-state index in [0.717, 1.165) is 72.9 Å². The third kappa shape index (κ3) is 23.9. The van der Waals surface area contributed by atoms with Crippen LogP contribution < -0.4 is 39.2 Å². The average Bonchev–Trinajstić information content (AvgIpc) is 1.76. The number of nitrogens with one attached hydrogen (secondary N) is 1. The molecule has 3 unspecified atom stereocenters. The van der Waals surface area contributed by atoms with E-state index in [-0.39, 0.29) is 77.0 Å². The Morgan fingerprint density at radius 3 is 2.28 bits per heavy atom. The van der Waals surface area contributed by atoms with Crippen molar-refractivity contribution in [2.24, 2.45) is 10.4 Å². The number of aromatic nitrogens is 3. The molecule has 99 heavy (non-hydrogen) atoms. The van der Waals surface area contributed by atoms with Gasteiger partial charge in [-0.3, -0.25) is 34.2 Å². The standard InChI is InChI=1S/C18H17FN4O2S.C15H22ClNO2.C15H12F3NO4S.C11H11Cl2NO2.C3H8NO5P.C3H9S/c1-4-5-22-13-7-12(11(19)6-14(13)25-9-16(22)24)20-17-23-10-18(2,3)8-15(23)21-26-17;1-5-13-8-6-7-11(2)15(13)17(14(18)9-16)12(3)10-19-4;1-24(21,22)12-6-9(15(16,17)18)4-5-10(12)13(20)11-7-19-23-14(11)8-2-3-8;1-7-6-16-9-5-3-2-4-8(9)14(7)11(15)10(12)13;5-3(6)1-4-2-10(7,8)9;1-4(2)3/h1,6-7H,5,8-10H2,2-3H3;6-8,12H,5,9-10H2,1-4H3;4-8H,2-3H2,1H3;2-5,7,10H,6H2,1H3;4H,1-2H2,(H,5,6)(H2,7,8,9);1-3H3/q;;;;;+1/p-1/b20-17-;;;;;. The number of carbonyl (C=O) groups excluding carboxylic acids is 4. The predicted molar refractivity (Wildman–Crippen MR) is 372 cm³/mol. The number of halogens is 7. The Bertz CT molecular complexity index is 4120. The molecule has 1 aliphatic carbocycles. The molecule has 0 spiro atoms. The molecule has 0 saturated heterocycles. The van der Waals surface area contributed by atoms with E-state index in [1.807, 2.05) is 67.1 Å². The Morgan fingerprint density at radius 2 is 1.71 bits per heavy atom. The lowest BCUT2D eigenvalue weighted by Crippen LogP contribution is -2.47. The highest BCUT2D eigenvalue weighted by atomic mass is 35.5. The molecule has 4 aliphatic rings. The van der Waals surface area contributed by atoms with Gasteiger partial charge in [-0.1, -0.05) is 85.4 Å². The summed E-state index contributed by atoms with van der Waals surface area (Å²) in [5, 5.41) is 13.5. The Morgan fingerprint density at radius 1 is 1.04 bits per heavy atom. The number of aryl methyl sites for hydroxylation is 2. The first-order valence-corrected chi connectivity index (χ1v) is 38.5. The maximum atomic E-state index is 14.5. The van der Waals surface area contributed by atoms with Crippen molar-refractivity contribution in [3.63, 3.8) is 0 Å². The zero-order valence-corrected chi connectivity index (χ0v) is 61.6. The maximum Gasteiger partial charge on any atom is 0.416 e. The Hall–Kier alpha value is -6.88. The second kappa shape index (κ2) is 36.6. The summed E-state index contributed by atoms with van der Waals surface area (Å²) in [6.45, 7) is 13.5. The number of amides is 3. The fraction of sp³-hybridized carbons (Fsp3) is 0.446. The van der Waals surface area contributed by atoms with Gasteiger partial charge in [0.1, 0.15) is 43.1 Å². The fourth-order valence-corrected chi connectivity index (χ4v) is 12.4. The van der Waals surface area contributed by atoms with Crippen molar-refractivity contribution in [1.29, 1.82) is 0 Å². The number of aliphatic carboxylic acids is 1. The first-order valence-electron chi connectivity index (χ1n) is 30.2. The van der Waals surface area contributed by atoms with Crippen LogP contribution in [-0.4, -0.2) is 156 Å². The van der Waals surface area contributed by atoms with Crippen LogP contribution in [0.2, 0.25) is 0 Å². The van der Waals surface area contributed by atoms with Crippen LogP contribution in [-0.2, 0) is 74.8 Å². The van der Waals surface area contributed by atoms with Crippen LogP contribution in [0.25, 0.3) is 0 Å². The minimum Gasteiger partial charge on any atom is -0.778 e. The number of nitrogens with zero attached hydrogens (tertiary/aromatic N) is 7. The lowest BCUT2D eigenvalue weighted by atomic mass is 9.92. The molecule has 4 aromatic carbocycles. The van der Waals surface area contributed by atoms with E-state index in [1.54, 1.807) is 16.9 Å². The third-order valence-corrected chi connectivity index (χ3v) is 17.6. The van der Waals surface area contributed by atoms with Gasteiger partial charge >= 0.3 is 12.1 Å². The largest absolute Gasteiger partial charge is 0.778 e. The lowest BCUT2D eigenvalue weighted by Gasteiger charge is -2.35. The Balaban J connectivity index is 0.000000226. The van der Waals surface area contributed by atoms with Gasteiger partial charge in [-0.2, -0.15) is 17.5 Å². The Labute approximate surface area is 593 Å². The molecule has 10 rings (SSSR count). The summed E-state index contributed by atoms with van der Waals surface area (Å²) in [5.41, 5.74) is 3.24. The van der Waals surface area contributed by atoms with Crippen molar-refractivity contribution >= 4 is 127 Å². The molecule has 3 aliphatic heterocycles. The van der Waals surface area contributed by atoms with Crippen LogP contribution in [0.4, 0.5) is 40.3 Å². The van der Waals surface area contributed by atoms with Crippen molar-refractivity contribution in [3.8, 4) is 23.8 Å². The van der Waals surface area contributed by atoms with Crippen LogP contribution in [0.3, 0.4) is 0 Å². The first kappa shape index (κ1) is 82.8. The zero-order valence-electron chi connectivity index (χ0n) is 56.0. The van der Waals surface area contributed by atoms with Crippen molar-refractivity contribution in [2.75, 3.05) is 91.9 Å². The number of ether oxygens (including phenoxy) is 3. The molecular weight excluding hydrogens is 1440 g/mol. The molecule has 2 aromatic heterocycles. The number of sulfone groups is 1. The number of anilines is 3. The Kier molecular flexibility index (Phi) is 30.6. The van der Waals surface area contributed by atoms with Crippen LogP contribution >= 0.6 is 53.9 Å².